The Kier molecular flexibility index (Phi) is 7.58. The maximum Gasteiger partial charge on any atom is 0.253 e. The fraction of sp³-hybridized carbons (Fsp3) is 0.364. The van der Waals surface area contributed by atoms with Crippen LogP contribution in [0, 0.1) is 0 Å². The van der Waals surface area contributed by atoms with Crippen molar-refractivity contribution < 1.29 is 19.4 Å². The van der Waals surface area contributed by atoms with Crippen LogP contribution < -0.4 is 4.74 Å². The minimum Gasteiger partial charge on any atom is -0.497 e. The molecule has 0 aliphatic carbocycles. The number of amides is 2. The second kappa shape index (κ2) is 9.90. The first-order valence-corrected chi connectivity index (χ1v) is 9.18. The molecule has 6 nitrogen and oxygen atoms in total. The van der Waals surface area contributed by atoms with Crippen molar-refractivity contribution in [2.45, 2.75) is 18.9 Å². The normalized spacial score (nSPS) is 11.6. The fourth-order valence-electron chi connectivity index (χ4n) is 2.83. The molecular weight excluding hydrogens is 356 g/mol. The Bertz CT molecular complexity index is 802. The number of rotatable bonds is 8. The first-order chi connectivity index (χ1) is 13.3. The lowest BCUT2D eigenvalue weighted by molar-refractivity contribution is -0.131. The lowest BCUT2D eigenvalue weighted by Crippen LogP contribution is -2.31. The van der Waals surface area contributed by atoms with Gasteiger partial charge in [-0.1, -0.05) is 24.3 Å². The first-order valence-electron chi connectivity index (χ1n) is 9.18. The van der Waals surface area contributed by atoms with Gasteiger partial charge in [0.15, 0.2) is 0 Å². The Morgan fingerprint density at radius 3 is 2.36 bits per heavy atom. The molecule has 6 heteroatoms. The van der Waals surface area contributed by atoms with Gasteiger partial charge in [-0.25, -0.2) is 0 Å². The van der Waals surface area contributed by atoms with Crippen LogP contribution in [0.5, 0.6) is 5.75 Å². The number of benzene rings is 2. The van der Waals surface area contributed by atoms with Gasteiger partial charge in [0.1, 0.15) is 5.75 Å². The zero-order chi connectivity index (χ0) is 20.7. The molecule has 1 unspecified atom stereocenters. The molecule has 28 heavy (non-hydrogen) atoms. The van der Waals surface area contributed by atoms with Crippen LogP contribution in [-0.2, 0) is 11.2 Å². The zero-order valence-corrected chi connectivity index (χ0v) is 16.9. The molecule has 2 rings (SSSR count). The second-order valence-corrected chi connectivity index (χ2v) is 6.96. The molecular formula is C22H28N2O4. The molecule has 0 saturated heterocycles. The summed E-state index contributed by atoms with van der Waals surface area (Å²) in [6.07, 6.45) is 0.136. The van der Waals surface area contributed by atoms with Crippen molar-refractivity contribution >= 4 is 11.8 Å². The van der Waals surface area contributed by atoms with E-state index < -0.39 is 6.10 Å². The highest BCUT2D eigenvalue weighted by Crippen LogP contribution is 2.20. The van der Waals surface area contributed by atoms with Crippen molar-refractivity contribution in [3.05, 3.63) is 65.2 Å². The van der Waals surface area contributed by atoms with E-state index in [0.29, 0.717) is 29.7 Å². The zero-order valence-electron chi connectivity index (χ0n) is 16.9. The van der Waals surface area contributed by atoms with Crippen LogP contribution in [0.1, 0.15) is 34.0 Å². The Morgan fingerprint density at radius 1 is 1.07 bits per heavy atom. The quantitative estimate of drug-likeness (QED) is 0.759. The second-order valence-electron chi connectivity index (χ2n) is 6.96. The highest BCUT2D eigenvalue weighted by Gasteiger charge is 2.16. The van der Waals surface area contributed by atoms with E-state index in [2.05, 4.69) is 0 Å². The van der Waals surface area contributed by atoms with E-state index in [-0.39, 0.29) is 18.4 Å². The third kappa shape index (κ3) is 5.82. The van der Waals surface area contributed by atoms with Gasteiger partial charge in [0.25, 0.3) is 5.91 Å². The van der Waals surface area contributed by atoms with E-state index in [1.54, 1.807) is 46.5 Å². The average molecular weight is 384 g/mol. The topological polar surface area (TPSA) is 70.1 Å². The van der Waals surface area contributed by atoms with Crippen LogP contribution in [0.4, 0.5) is 0 Å². The molecule has 0 aromatic heterocycles. The number of carbonyl (C=O) groups excluding carboxylic acids is 2. The summed E-state index contributed by atoms with van der Waals surface area (Å²) in [4.78, 5) is 27.4. The van der Waals surface area contributed by atoms with Crippen molar-refractivity contribution in [3.63, 3.8) is 0 Å². The van der Waals surface area contributed by atoms with Crippen LogP contribution in [0.25, 0.3) is 0 Å². The number of hydrogen-bond acceptors (Lipinski definition) is 4. The Balaban J connectivity index is 1.87. The van der Waals surface area contributed by atoms with E-state index >= 15 is 0 Å². The van der Waals surface area contributed by atoms with Crippen molar-refractivity contribution in [1.82, 2.24) is 9.80 Å². The van der Waals surface area contributed by atoms with E-state index in [4.69, 9.17) is 4.74 Å². The molecule has 0 aliphatic rings. The molecule has 0 radical (unpaired) electrons. The number of aryl methyl sites for hydroxylation is 1. The minimum absolute atomic E-state index is 0.0459. The molecule has 0 spiro atoms. The number of hydrogen-bond donors (Lipinski definition) is 1. The molecule has 0 bridgehead atoms. The smallest absolute Gasteiger partial charge is 0.253 e. The molecule has 1 atom stereocenters. The van der Waals surface area contributed by atoms with Crippen LogP contribution in [-0.4, -0.2) is 61.5 Å². The first kappa shape index (κ1) is 21.4. The molecule has 2 aromatic carbocycles. The van der Waals surface area contributed by atoms with Gasteiger partial charge < -0.3 is 19.6 Å². The standard InChI is InChI=1S/C22H28N2O4/c1-23(2)22(27)17-11-8-16(9-12-17)10-13-21(26)24(3)15-20(25)18-6-5-7-19(14-18)28-4/h5-9,11-12,14,20,25H,10,13,15H2,1-4H3. The maximum atomic E-state index is 12.4. The number of aliphatic hydroxyl groups is 1. The molecule has 0 aliphatic heterocycles. The van der Waals surface area contributed by atoms with E-state index in [9.17, 15) is 14.7 Å². The average Bonchev–Trinajstić information content (AvgIpc) is 2.71. The van der Waals surface area contributed by atoms with Gasteiger partial charge in [0.2, 0.25) is 5.91 Å². The maximum absolute atomic E-state index is 12.4. The summed E-state index contributed by atoms with van der Waals surface area (Å²) >= 11 is 0. The Labute approximate surface area is 166 Å². The lowest BCUT2D eigenvalue weighted by atomic mass is 10.1. The predicted molar refractivity (Wildman–Crippen MR) is 108 cm³/mol. The van der Waals surface area contributed by atoms with E-state index in [1.807, 2.05) is 30.3 Å². The van der Waals surface area contributed by atoms with Gasteiger partial charge in [-0.15, -0.1) is 0 Å². The van der Waals surface area contributed by atoms with Crippen LogP contribution in [0.15, 0.2) is 48.5 Å². The van der Waals surface area contributed by atoms with Gasteiger partial charge in [-0.05, 0) is 41.8 Å². The monoisotopic (exact) mass is 384 g/mol. The lowest BCUT2D eigenvalue weighted by Gasteiger charge is -2.21. The molecule has 2 amide bonds. The van der Waals surface area contributed by atoms with Crippen LogP contribution in [0.3, 0.4) is 0 Å². The summed E-state index contributed by atoms with van der Waals surface area (Å²) in [7, 11) is 6.68. The largest absolute Gasteiger partial charge is 0.497 e. The van der Waals surface area contributed by atoms with Gasteiger partial charge in [-0.3, -0.25) is 9.59 Å². The van der Waals surface area contributed by atoms with Crippen LogP contribution >= 0.6 is 0 Å². The number of ether oxygens (including phenoxy) is 1. The van der Waals surface area contributed by atoms with Crippen molar-refractivity contribution in [2.75, 3.05) is 34.8 Å². The van der Waals surface area contributed by atoms with Gasteiger partial charge in [0, 0.05) is 33.1 Å². The number of methoxy groups -OCH3 is 1. The van der Waals surface area contributed by atoms with E-state index in [1.165, 1.54) is 9.80 Å². The summed E-state index contributed by atoms with van der Waals surface area (Å²) in [5, 5.41) is 10.4. The Morgan fingerprint density at radius 2 is 1.75 bits per heavy atom. The van der Waals surface area contributed by atoms with Gasteiger partial charge >= 0.3 is 0 Å². The molecule has 1 N–H and O–H groups in total. The third-order valence-electron chi connectivity index (χ3n) is 4.59. The summed E-state index contributed by atoms with van der Waals surface area (Å²) in [5.74, 6) is 0.575. The molecule has 2 aromatic rings. The highest BCUT2D eigenvalue weighted by molar-refractivity contribution is 5.93. The van der Waals surface area contributed by atoms with Crippen molar-refractivity contribution in [3.8, 4) is 5.75 Å². The molecule has 0 saturated carbocycles. The van der Waals surface area contributed by atoms with E-state index in [0.717, 1.165) is 5.56 Å². The summed E-state index contributed by atoms with van der Waals surface area (Å²) < 4.78 is 5.17. The number of carbonyl (C=O) groups is 2. The van der Waals surface area contributed by atoms with Crippen molar-refractivity contribution in [2.24, 2.45) is 0 Å². The van der Waals surface area contributed by atoms with Gasteiger partial charge in [0.05, 0.1) is 19.8 Å². The Hall–Kier alpha value is -2.86. The third-order valence-corrected chi connectivity index (χ3v) is 4.59. The van der Waals surface area contributed by atoms with Crippen LogP contribution in [0.2, 0.25) is 0 Å². The molecule has 0 fully saturated rings. The number of nitrogens with zero attached hydrogens (tertiary/aromatic N) is 2. The SMILES string of the molecule is COc1cccc(C(O)CN(C)C(=O)CCc2ccc(C(=O)N(C)C)cc2)c1. The molecule has 0 heterocycles. The number of aliphatic hydroxyl groups excluding tert-OH is 1. The summed E-state index contributed by atoms with van der Waals surface area (Å²) in [5.41, 5.74) is 2.32. The summed E-state index contributed by atoms with van der Waals surface area (Å²) in [6, 6.07) is 14.5. The van der Waals surface area contributed by atoms with Gasteiger partial charge in [-0.2, -0.15) is 0 Å². The number of likely N-dealkylation sites (N-methyl/N-ethyl adjacent to an activating group) is 1. The summed E-state index contributed by atoms with van der Waals surface area (Å²) in [6.45, 7) is 0.211. The molecule has 150 valence electrons. The fourth-order valence-corrected chi connectivity index (χ4v) is 2.83. The predicted octanol–water partition coefficient (Wildman–Crippen LogP) is 2.52. The minimum atomic E-state index is -0.777. The highest BCUT2D eigenvalue weighted by atomic mass is 16.5. The van der Waals surface area contributed by atoms with Crippen molar-refractivity contribution in [1.29, 1.82) is 0 Å².